The molecule has 37 heavy (non-hydrogen) atoms. The highest BCUT2D eigenvalue weighted by Gasteiger charge is 2.23. The Morgan fingerprint density at radius 1 is 0.946 bits per heavy atom. The second-order valence-electron chi connectivity index (χ2n) is 8.03. The molecule has 4 aromatic rings. The van der Waals surface area contributed by atoms with Crippen LogP contribution in [0.15, 0.2) is 54.7 Å². The number of carbonyl (C=O) groups excluding carboxylic acids is 1. The minimum atomic E-state index is -1.58. The van der Waals surface area contributed by atoms with Gasteiger partial charge < -0.3 is 25.0 Å². The molecule has 0 aliphatic carbocycles. The quantitative estimate of drug-likeness (QED) is 0.272. The first-order valence-electron chi connectivity index (χ1n) is 11.2. The zero-order valence-corrected chi connectivity index (χ0v) is 19.1. The van der Waals surface area contributed by atoms with E-state index in [1.165, 1.54) is 30.3 Å². The Balaban J connectivity index is 1.39. The fourth-order valence-electron chi connectivity index (χ4n) is 3.72. The number of rotatable bonds is 5. The van der Waals surface area contributed by atoms with Crippen LogP contribution >= 0.6 is 0 Å². The van der Waals surface area contributed by atoms with E-state index in [4.69, 9.17) is 9.47 Å². The van der Waals surface area contributed by atoms with Gasteiger partial charge in [0.2, 0.25) is 11.6 Å². The van der Waals surface area contributed by atoms with Crippen molar-refractivity contribution in [3.63, 3.8) is 0 Å². The fourth-order valence-corrected chi connectivity index (χ4v) is 3.72. The Morgan fingerprint density at radius 2 is 1.76 bits per heavy atom. The Hall–Kier alpha value is -4.45. The Bertz CT molecular complexity index is 1480. The number of morpholine rings is 1. The average molecular weight is 513 g/mol. The van der Waals surface area contributed by atoms with Gasteiger partial charge in [-0.3, -0.25) is 4.98 Å². The zero-order valence-electron chi connectivity index (χ0n) is 19.1. The van der Waals surface area contributed by atoms with Crippen LogP contribution in [0.4, 0.5) is 39.5 Å². The summed E-state index contributed by atoms with van der Waals surface area (Å²) in [5.41, 5.74) is 0.302. The van der Waals surface area contributed by atoms with Gasteiger partial charge in [0.1, 0.15) is 17.4 Å². The fraction of sp³-hybridized carbons (Fsp3) is 0.160. The molecule has 1 aliphatic rings. The molecule has 1 fully saturated rings. The van der Waals surface area contributed by atoms with Gasteiger partial charge in [-0.15, -0.1) is 0 Å². The van der Waals surface area contributed by atoms with E-state index < -0.39 is 40.7 Å². The lowest BCUT2D eigenvalue weighted by Gasteiger charge is -2.27. The van der Waals surface area contributed by atoms with Crippen molar-refractivity contribution in [1.82, 2.24) is 9.97 Å². The highest BCUT2D eigenvalue weighted by molar-refractivity contribution is 6.00. The first kappa shape index (κ1) is 24.3. The molecule has 1 saturated heterocycles. The van der Waals surface area contributed by atoms with Gasteiger partial charge >= 0.3 is 6.03 Å². The largest absolute Gasteiger partial charge is 0.451 e. The highest BCUT2D eigenvalue weighted by Crippen LogP contribution is 2.35. The first-order valence-corrected chi connectivity index (χ1v) is 11.2. The molecule has 1 aliphatic heterocycles. The second kappa shape index (κ2) is 10.3. The van der Waals surface area contributed by atoms with Gasteiger partial charge in [-0.05, 0) is 30.3 Å². The lowest BCUT2D eigenvalue weighted by Crippen LogP contribution is -2.36. The second-order valence-corrected chi connectivity index (χ2v) is 8.03. The Morgan fingerprint density at radius 3 is 2.54 bits per heavy atom. The number of ether oxygens (including phenoxy) is 2. The molecule has 2 amide bonds. The summed E-state index contributed by atoms with van der Waals surface area (Å²) in [4.78, 5) is 23.1. The summed E-state index contributed by atoms with van der Waals surface area (Å²) in [5, 5.41) is 4.35. The number of fused-ring (bicyclic) bond motifs is 1. The summed E-state index contributed by atoms with van der Waals surface area (Å²) in [6.45, 7) is 2.38. The summed E-state index contributed by atoms with van der Waals surface area (Å²) in [6.07, 6.45) is 1.62. The molecule has 0 unspecified atom stereocenters. The summed E-state index contributed by atoms with van der Waals surface area (Å²) >= 11 is 0. The number of carbonyl (C=O) groups is 1. The Kier molecular flexibility index (Phi) is 6.73. The first-order chi connectivity index (χ1) is 17.9. The van der Waals surface area contributed by atoms with E-state index in [-0.39, 0.29) is 11.4 Å². The van der Waals surface area contributed by atoms with E-state index >= 15 is 4.39 Å². The number of benzene rings is 3. The molecule has 3 aromatic carbocycles. The summed E-state index contributed by atoms with van der Waals surface area (Å²) in [5.74, 6) is -5.47. The predicted octanol–water partition coefficient (Wildman–Crippen LogP) is 5.46. The van der Waals surface area contributed by atoms with Crippen LogP contribution in [0.25, 0.3) is 11.0 Å². The van der Waals surface area contributed by atoms with Gasteiger partial charge in [0.15, 0.2) is 11.6 Å². The lowest BCUT2D eigenvalue weighted by atomic mass is 10.2. The maximum absolute atomic E-state index is 15.1. The van der Waals surface area contributed by atoms with Crippen LogP contribution in [-0.2, 0) is 4.74 Å². The number of nitrogens with one attached hydrogen (secondary N) is 2. The molecule has 1 aromatic heterocycles. The molecule has 0 atom stereocenters. The third kappa shape index (κ3) is 5.38. The molecule has 2 N–H and O–H groups in total. The predicted molar refractivity (Wildman–Crippen MR) is 128 cm³/mol. The van der Waals surface area contributed by atoms with E-state index in [9.17, 15) is 18.0 Å². The number of nitrogens with zero attached hydrogens (tertiary/aromatic N) is 3. The van der Waals surface area contributed by atoms with Gasteiger partial charge in [0.25, 0.3) is 0 Å². The molecule has 0 bridgehead atoms. The van der Waals surface area contributed by atoms with Gasteiger partial charge in [0, 0.05) is 30.9 Å². The number of amides is 2. The van der Waals surface area contributed by atoms with Crippen molar-refractivity contribution in [2.24, 2.45) is 0 Å². The van der Waals surface area contributed by atoms with Crippen molar-refractivity contribution in [2.45, 2.75) is 0 Å². The van der Waals surface area contributed by atoms with Crippen molar-refractivity contribution in [2.75, 3.05) is 41.8 Å². The number of anilines is 3. The van der Waals surface area contributed by atoms with Gasteiger partial charge in [-0.2, -0.15) is 4.39 Å². The number of hydrogen-bond donors (Lipinski definition) is 2. The van der Waals surface area contributed by atoms with Crippen molar-refractivity contribution < 1.29 is 31.8 Å². The van der Waals surface area contributed by atoms with Crippen molar-refractivity contribution in [3.8, 4) is 11.5 Å². The number of halogens is 4. The van der Waals surface area contributed by atoms with Crippen LogP contribution in [0.3, 0.4) is 0 Å². The van der Waals surface area contributed by atoms with Crippen LogP contribution in [0.1, 0.15) is 0 Å². The maximum Gasteiger partial charge on any atom is 0.323 e. The standard InChI is InChI=1S/C25H19F4N5O3/c26-14-2-1-3-15(10-14)31-25(35)33-20-12-17(27)22(28)24(23(20)29)37-16-4-5-18-19(11-16)32-21(13-30-18)34-6-8-36-9-7-34/h1-5,10-13H,6-9H2,(H2,31,33,35). The summed E-state index contributed by atoms with van der Waals surface area (Å²) in [7, 11) is 0. The topological polar surface area (TPSA) is 88.6 Å². The third-order valence-corrected chi connectivity index (χ3v) is 5.50. The van der Waals surface area contributed by atoms with Gasteiger partial charge in [-0.1, -0.05) is 6.07 Å². The minimum absolute atomic E-state index is 0.0283. The van der Waals surface area contributed by atoms with E-state index in [1.807, 2.05) is 4.90 Å². The molecule has 0 spiro atoms. The molecule has 5 rings (SSSR count). The number of aromatic nitrogens is 2. The number of hydrogen-bond acceptors (Lipinski definition) is 6. The summed E-state index contributed by atoms with van der Waals surface area (Å²) < 4.78 is 67.9. The molecule has 2 heterocycles. The van der Waals surface area contributed by atoms with E-state index in [0.29, 0.717) is 49.2 Å². The maximum atomic E-state index is 15.1. The van der Waals surface area contributed by atoms with Crippen LogP contribution in [0.2, 0.25) is 0 Å². The SMILES string of the molecule is O=C(Nc1cccc(F)c1)Nc1cc(F)c(F)c(Oc2ccc3ncc(N4CCOCC4)nc3c2)c1F. The van der Waals surface area contributed by atoms with E-state index in [2.05, 4.69) is 20.6 Å². The Labute approximate surface area is 207 Å². The van der Waals surface area contributed by atoms with Crippen molar-refractivity contribution in [1.29, 1.82) is 0 Å². The molecule has 0 radical (unpaired) electrons. The lowest BCUT2D eigenvalue weighted by molar-refractivity contribution is 0.122. The molecule has 12 heteroatoms. The van der Waals surface area contributed by atoms with Crippen molar-refractivity contribution in [3.05, 3.63) is 78.0 Å². The van der Waals surface area contributed by atoms with E-state index in [0.717, 1.165) is 6.07 Å². The molecule has 8 nitrogen and oxygen atoms in total. The summed E-state index contributed by atoms with van der Waals surface area (Å²) in [6, 6.07) is 8.78. The van der Waals surface area contributed by atoms with Gasteiger partial charge in [0.05, 0.1) is 36.1 Å². The number of urea groups is 1. The molecule has 190 valence electrons. The van der Waals surface area contributed by atoms with E-state index in [1.54, 1.807) is 12.3 Å². The van der Waals surface area contributed by atoms with Crippen LogP contribution < -0.4 is 20.3 Å². The van der Waals surface area contributed by atoms with Crippen LogP contribution in [0.5, 0.6) is 11.5 Å². The highest BCUT2D eigenvalue weighted by atomic mass is 19.2. The average Bonchev–Trinajstić information content (AvgIpc) is 2.90. The molecular weight excluding hydrogens is 494 g/mol. The monoisotopic (exact) mass is 513 g/mol. The smallest absolute Gasteiger partial charge is 0.323 e. The van der Waals surface area contributed by atoms with Crippen molar-refractivity contribution >= 4 is 34.3 Å². The molecule has 0 saturated carbocycles. The minimum Gasteiger partial charge on any atom is -0.451 e. The van der Waals surface area contributed by atoms with Crippen LogP contribution in [0, 0.1) is 23.3 Å². The normalized spacial score (nSPS) is 13.5. The third-order valence-electron chi connectivity index (χ3n) is 5.50. The van der Waals surface area contributed by atoms with Gasteiger partial charge in [-0.25, -0.2) is 22.9 Å². The zero-order chi connectivity index (χ0) is 25.9. The van der Waals surface area contributed by atoms with Crippen LogP contribution in [-0.4, -0.2) is 42.3 Å². The molecular formula is C25H19F4N5O3.